The van der Waals surface area contributed by atoms with Crippen LogP contribution in [-0.2, 0) is 11.2 Å². The molecule has 1 aromatic rings. The molecule has 116 valence electrons. The standard InChI is InChI=1S/C15H21ClN2O3/c1-4-6-11-7-10(8-12(16)17-11)14(19)18-13(15(20)21)9(3)5-2/h7-9,13H,4-6H2,1-3H3,(H,18,19)(H,20,21). The van der Waals surface area contributed by atoms with Crippen molar-refractivity contribution in [3.63, 3.8) is 0 Å². The molecule has 2 unspecified atom stereocenters. The summed E-state index contributed by atoms with van der Waals surface area (Å²) in [6.45, 7) is 5.68. The third kappa shape index (κ3) is 5.01. The molecule has 0 aliphatic carbocycles. The molecule has 1 rings (SSSR count). The lowest BCUT2D eigenvalue weighted by Gasteiger charge is -2.20. The van der Waals surface area contributed by atoms with Gasteiger partial charge in [-0.1, -0.05) is 45.2 Å². The van der Waals surface area contributed by atoms with Crippen LogP contribution in [0.25, 0.3) is 0 Å². The van der Waals surface area contributed by atoms with Crippen LogP contribution in [0.5, 0.6) is 0 Å². The second-order valence-electron chi connectivity index (χ2n) is 5.09. The summed E-state index contributed by atoms with van der Waals surface area (Å²) in [5, 5.41) is 12.0. The first kappa shape index (κ1) is 17.4. The molecule has 0 fully saturated rings. The minimum atomic E-state index is -1.04. The molecule has 21 heavy (non-hydrogen) atoms. The summed E-state index contributed by atoms with van der Waals surface area (Å²) in [6, 6.07) is 2.19. The van der Waals surface area contributed by atoms with Gasteiger partial charge >= 0.3 is 5.97 Å². The fraction of sp³-hybridized carbons (Fsp3) is 0.533. The summed E-state index contributed by atoms with van der Waals surface area (Å²) in [5.74, 6) is -1.63. The lowest BCUT2D eigenvalue weighted by Crippen LogP contribution is -2.45. The summed E-state index contributed by atoms with van der Waals surface area (Å²) in [7, 11) is 0. The Bertz CT molecular complexity index is 520. The van der Waals surface area contributed by atoms with Crippen molar-refractivity contribution < 1.29 is 14.7 Å². The number of amides is 1. The molecule has 1 amide bonds. The van der Waals surface area contributed by atoms with Crippen LogP contribution in [0, 0.1) is 5.92 Å². The number of carbonyl (C=O) groups excluding carboxylic acids is 1. The van der Waals surface area contributed by atoms with Crippen molar-refractivity contribution >= 4 is 23.5 Å². The summed E-state index contributed by atoms with van der Waals surface area (Å²) >= 11 is 5.91. The maximum absolute atomic E-state index is 12.2. The third-order valence-corrected chi connectivity index (χ3v) is 3.57. The van der Waals surface area contributed by atoms with E-state index >= 15 is 0 Å². The zero-order chi connectivity index (χ0) is 16.0. The van der Waals surface area contributed by atoms with Crippen molar-refractivity contribution in [1.29, 1.82) is 0 Å². The number of hydrogen-bond donors (Lipinski definition) is 2. The van der Waals surface area contributed by atoms with E-state index in [0.29, 0.717) is 18.4 Å². The molecule has 0 radical (unpaired) electrons. The highest BCUT2D eigenvalue weighted by molar-refractivity contribution is 6.29. The normalized spacial score (nSPS) is 13.5. The maximum Gasteiger partial charge on any atom is 0.326 e. The fourth-order valence-electron chi connectivity index (χ4n) is 1.97. The van der Waals surface area contributed by atoms with Crippen LogP contribution in [0.2, 0.25) is 5.15 Å². The minimum absolute atomic E-state index is 0.154. The molecule has 1 aromatic heterocycles. The number of hydrogen-bond acceptors (Lipinski definition) is 3. The van der Waals surface area contributed by atoms with Crippen LogP contribution in [0.3, 0.4) is 0 Å². The van der Waals surface area contributed by atoms with E-state index < -0.39 is 17.9 Å². The van der Waals surface area contributed by atoms with Gasteiger partial charge in [0.15, 0.2) is 0 Å². The molecule has 0 spiro atoms. The highest BCUT2D eigenvalue weighted by Crippen LogP contribution is 2.14. The molecule has 0 aromatic carbocycles. The first-order valence-electron chi connectivity index (χ1n) is 7.09. The maximum atomic E-state index is 12.2. The van der Waals surface area contributed by atoms with Gasteiger partial charge in [0.25, 0.3) is 5.91 Å². The molecule has 0 saturated carbocycles. The van der Waals surface area contributed by atoms with Crippen LogP contribution < -0.4 is 5.32 Å². The zero-order valence-electron chi connectivity index (χ0n) is 12.5. The number of carbonyl (C=O) groups is 2. The molecule has 2 atom stereocenters. The lowest BCUT2D eigenvalue weighted by atomic mass is 9.99. The van der Waals surface area contributed by atoms with E-state index in [2.05, 4.69) is 10.3 Å². The van der Waals surface area contributed by atoms with Crippen molar-refractivity contribution in [3.8, 4) is 0 Å². The van der Waals surface area contributed by atoms with Gasteiger partial charge in [0.1, 0.15) is 11.2 Å². The van der Waals surface area contributed by atoms with Gasteiger partial charge in [-0.15, -0.1) is 0 Å². The average Bonchev–Trinajstić information content (AvgIpc) is 2.43. The zero-order valence-corrected chi connectivity index (χ0v) is 13.3. The molecule has 0 aliphatic rings. The molecule has 0 bridgehead atoms. The minimum Gasteiger partial charge on any atom is -0.480 e. The van der Waals surface area contributed by atoms with E-state index in [0.717, 1.165) is 12.1 Å². The SMILES string of the molecule is CCCc1cc(C(=O)NC(C(=O)O)C(C)CC)cc(Cl)n1. The number of nitrogens with zero attached hydrogens (tertiary/aromatic N) is 1. The predicted octanol–water partition coefficient (Wildman–Crippen LogP) is 2.92. The quantitative estimate of drug-likeness (QED) is 0.759. The van der Waals surface area contributed by atoms with Gasteiger partial charge in [-0.05, 0) is 24.5 Å². The summed E-state index contributed by atoms with van der Waals surface area (Å²) < 4.78 is 0. The van der Waals surface area contributed by atoms with Crippen molar-refractivity contribution in [1.82, 2.24) is 10.3 Å². The first-order chi connectivity index (χ1) is 9.88. The Morgan fingerprint density at radius 2 is 2.05 bits per heavy atom. The number of halogens is 1. The Labute approximate surface area is 129 Å². The summed E-state index contributed by atoms with van der Waals surface area (Å²) in [6.07, 6.45) is 2.27. The number of carboxylic acid groups (broad SMARTS) is 1. The molecular weight excluding hydrogens is 292 g/mol. The molecule has 2 N–H and O–H groups in total. The molecule has 0 aliphatic heterocycles. The van der Waals surface area contributed by atoms with Gasteiger partial charge in [-0.25, -0.2) is 9.78 Å². The van der Waals surface area contributed by atoms with Gasteiger partial charge in [-0.2, -0.15) is 0 Å². The van der Waals surface area contributed by atoms with Gasteiger partial charge in [0.05, 0.1) is 0 Å². The van der Waals surface area contributed by atoms with E-state index in [1.165, 1.54) is 6.07 Å². The number of pyridine rings is 1. The van der Waals surface area contributed by atoms with Gasteiger partial charge < -0.3 is 10.4 Å². The lowest BCUT2D eigenvalue weighted by molar-refractivity contribution is -0.140. The Hall–Kier alpha value is -1.62. The van der Waals surface area contributed by atoms with Crippen molar-refractivity contribution in [2.24, 2.45) is 5.92 Å². The number of rotatable bonds is 7. The predicted molar refractivity (Wildman–Crippen MR) is 81.6 cm³/mol. The summed E-state index contributed by atoms with van der Waals surface area (Å²) in [5.41, 5.74) is 1.07. The topological polar surface area (TPSA) is 79.3 Å². The van der Waals surface area contributed by atoms with Crippen molar-refractivity contribution in [2.45, 2.75) is 46.1 Å². The van der Waals surface area contributed by atoms with E-state index in [1.54, 1.807) is 13.0 Å². The smallest absolute Gasteiger partial charge is 0.326 e. The van der Waals surface area contributed by atoms with Crippen molar-refractivity contribution in [3.05, 3.63) is 28.5 Å². The van der Waals surface area contributed by atoms with E-state index in [4.69, 9.17) is 11.6 Å². The van der Waals surface area contributed by atoms with E-state index in [9.17, 15) is 14.7 Å². The van der Waals surface area contributed by atoms with E-state index in [-0.39, 0.29) is 11.1 Å². The molecule has 5 nitrogen and oxygen atoms in total. The first-order valence-corrected chi connectivity index (χ1v) is 7.46. The van der Waals surface area contributed by atoms with Crippen LogP contribution in [0.1, 0.15) is 49.7 Å². The van der Waals surface area contributed by atoms with Gasteiger partial charge in [-0.3, -0.25) is 4.79 Å². The highest BCUT2D eigenvalue weighted by atomic mass is 35.5. The Morgan fingerprint density at radius 3 is 2.57 bits per heavy atom. The number of aliphatic carboxylic acids is 1. The molecule has 0 saturated heterocycles. The monoisotopic (exact) mass is 312 g/mol. The molecule has 6 heteroatoms. The van der Waals surface area contributed by atoms with Crippen LogP contribution in [0.4, 0.5) is 0 Å². The molecule has 1 heterocycles. The van der Waals surface area contributed by atoms with Crippen LogP contribution in [0.15, 0.2) is 12.1 Å². The van der Waals surface area contributed by atoms with Crippen LogP contribution >= 0.6 is 11.6 Å². The largest absolute Gasteiger partial charge is 0.480 e. The van der Waals surface area contributed by atoms with Gasteiger partial charge in [0.2, 0.25) is 0 Å². The Balaban J connectivity index is 2.94. The highest BCUT2D eigenvalue weighted by Gasteiger charge is 2.26. The number of aryl methyl sites for hydroxylation is 1. The van der Waals surface area contributed by atoms with Gasteiger partial charge in [0, 0.05) is 11.3 Å². The second kappa shape index (κ2) is 7.98. The summed E-state index contributed by atoms with van der Waals surface area (Å²) in [4.78, 5) is 27.6. The third-order valence-electron chi connectivity index (χ3n) is 3.38. The number of carboxylic acids is 1. The van der Waals surface area contributed by atoms with E-state index in [1.807, 2.05) is 13.8 Å². The number of nitrogens with one attached hydrogen (secondary N) is 1. The average molecular weight is 313 g/mol. The van der Waals surface area contributed by atoms with Crippen molar-refractivity contribution in [2.75, 3.05) is 0 Å². The number of aromatic nitrogens is 1. The molecular formula is C15H21ClN2O3. The van der Waals surface area contributed by atoms with Crippen LogP contribution in [-0.4, -0.2) is 28.0 Å². The fourth-order valence-corrected chi connectivity index (χ4v) is 2.20. The Morgan fingerprint density at radius 1 is 1.38 bits per heavy atom. The second-order valence-corrected chi connectivity index (χ2v) is 5.48. The Kier molecular flexibility index (Phi) is 6.62.